The molecule has 0 bridgehead atoms. The Bertz CT molecular complexity index is 525. The molecule has 1 aromatic heterocycles. The number of hydrogen-bond acceptors (Lipinski definition) is 4. The molecule has 2 aromatic rings. The molecule has 4 heteroatoms. The summed E-state index contributed by atoms with van der Waals surface area (Å²) in [6, 6.07) is 12.0. The van der Waals surface area contributed by atoms with E-state index in [1.54, 1.807) is 13.3 Å². The van der Waals surface area contributed by atoms with E-state index in [1.165, 1.54) is 5.56 Å². The fourth-order valence-electron chi connectivity index (χ4n) is 2.01. The first-order chi connectivity index (χ1) is 9.24. The molecular formula is C15H19N3O. The van der Waals surface area contributed by atoms with Gasteiger partial charge in [-0.1, -0.05) is 18.2 Å². The van der Waals surface area contributed by atoms with E-state index in [9.17, 15) is 0 Å². The molecule has 0 aliphatic heterocycles. The Kier molecular flexibility index (Phi) is 4.36. The van der Waals surface area contributed by atoms with Gasteiger partial charge in [0.2, 0.25) is 0 Å². The van der Waals surface area contributed by atoms with E-state index in [4.69, 9.17) is 10.5 Å². The van der Waals surface area contributed by atoms with Crippen molar-refractivity contribution in [1.29, 1.82) is 0 Å². The summed E-state index contributed by atoms with van der Waals surface area (Å²) in [4.78, 5) is 6.50. The van der Waals surface area contributed by atoms with Gasteiger partial charge in [-0.05, 0) is 23.8 Å². The molecule has 0 spiro atoms. The minimum absolute atomic E-state index is 0.496. The summed E-state index contributed by atoms with van der Waals surface area (Å²) in [5, 5.41) is 0. The molecule has 2 N–H and O–H groups in total. The highest BCUT2D eigenvalue weighted by Crippen LogP contribution is 2.18. The normalized spacial score (nSPS) is 10.3. The lowest BCUT2D eigenvalue weighted by Crippen LogP contribution is -2.20. The van der Waals surface area contributed by atoms with Crippen LogP contribution >= 0.6 is 0 Å². The van der Waals surface area contributed by atoms with Crippen molar-refractivity contribution in [2.75, 3.05) is 19.1 Å². The van der Waals surface area contributed by atoms with Crippen LogP contribution in [0, 0.1) is 0 Å². The molecule has 4 nitrogen and oxygen atoms in total. The maximum absolute atomic E-state index is 5.74. The average molecular weight is 257 g/mol. The van der Waals surface area contributed by atoms with Crippen molar-refractivity contribution < 1.29 is 4.74 Å². The molecule has 0 radical (unpaired) electrons. The van der Waals surface area contributed by atoms with E-state index in [0.717, 1.165) is 23.7 Å². The largest absolute Gasteiger partial charge is 0.497 e. The summed E-state index contributed by atoms with van der Waals surface area (Å²) < 4.78 is 5.15. The summed E-state index contributed by atoms with van der Waals surface area (Å²) >= 11 is 0. The average Bonchev–Trinajstić information content (AvgIpc) is 2.48. The first-order valence-electron chi connectivity index (χ1n) is 6.22. The van der Waals surface area contributed by atoms with Crippen molar-refractivity contribution in [3.63, 3.8) is 0 Å². The Morgan fingerprint density at radius 3 is 2.58 bits per heavy atom. The molecule has 0 aliphatic rings. The number of nitrogens with two attached hydrogens (primary N) is 1. The standard InChI is InChI=1S/C15H19N3O/c1-18(15-13(10-16)4-3-9-17-15)11-12-5-7-14(19-2)8-6-12/h3-9H,10-11,16H2,1-2H3. The van der Waals surface area contributed by atoms with Crippen LogP contribution in [0.4, 0.5) is 5.82 Å². The lowest BCUT2D eigenvalue weighted by Gasteiger charge is -2.20. The van der Waals surface area contributed by atoms with E-state index >= 15 is 0 Å². The van der Waals surface area contributed by atoms with E-state index < -0.39 is 0 Å². The van der Waals surface area contributed by atoms with E-state index in [1.807, 2.05) is 31.3 Å². The smallest absolute Gasteiger partial charge is 0.133 e. The van der Waals surface area contributed by atoms with Crippen LogP contribution in [0.15, 0.2) is 42.6 Å². The molecule has 19 heavy (non-hydrogen) atoms. The summed E-state index contributed by atoms with van der Waals surface area (Å²) in [7, 11) is 3.69. The van der Waals surface area contributed by atoms with Crippen molar-refractivity contribution in [3.8, 4) is 5.75 Å². The van der Waals surface area contributed by atoms with Crippen molar-refractivity contribution in [1.82, 2.24) is 4.98 Å². The third-order valence-corrected chi connectivity index (χ3v) is 3.03. The number of rotatable bonds is 5. The minimum atomic E-state index is 0.496. The maximum Gasteiger partial charge on any atom is 0.133 e. The quantitative estimate of drug-likeness (QED) is 0.892. The van der Waals surface area contributed by atoms with Gasteiger partial charge in [0, 0.05) is 31.9 Å². The predicted octanol–water partition coefficient (Wildman–Crippen LogP) is 2.19. The minimum Gasteiger partial charge on any atom is -0.497 e. The maximum atomic E-state index is 5.74. The van der Waals surface area contributed by atoms with Crippen LogP contribution in [0.2, 0.25) is 0 Å². The van der Waals surface area contributed by atoms with Gasteiger partial charge in [0.05, 0.1) is 7.11 Å². The Labute approximate surface area is 113 Å². The molecule has 0 atom stereocenters. The molecule has 0 aliphatic carbocycles. The molecule has 100 valence electrons. The zero-order valence-electron chi connectivity index (χ0n) is 11.3. The van der Waals surface area contributed by atoms with Crippen LogP contribution in [-0.2, 0) is 13.1 Å². The Morgan fingerprint density at radius 1 is 1.21 bits per heavy atom. The predicted molar refractivity (Wildman–Crippen MR) is 77.2 cm³/mol. The fraction of sp³-hybridized carbons (Fsp3) is 0.267. The van der Waals surface area contributed by atoms with Gasteiger partial charge >= 0.3 is 0 Å². The van der Waals surface area contributed by atoms with E-state index in [2.05, 4.69) is 22.0 Å². The summed E-state index contributed by atoms with van der Waals surface area (Å²) in [5.41, 5.74) is 8.00. The first kappa shape index (κ1) is 13.4. The highest BCUT2D eigenvalue weighted by atomic mass is 16.5. The molecule has 0 fully saturated rings. The fourth-order valence-corrected chi connectivity index (χ4v) is 2.01. The van der Waals surface area contributed by atoms with Crippen LogP contribution in [0.1, 0.15) is 11.1 Å². The molecule has 0 saturated carbocycles. The SMILES string of the molecule is COc1ccc(CN(C)c2ncccc2CN)cc1. The lowest BCUT2D eigenvalue weighted by molar-refractivity contribution is 0.414. The van der Waals surface area contributed by atoms with Gasteiger partial charge in [-0.3, -0.25) is 0 Å². The highest BCUT2D eigenvalue weighted by molar-refractivity contribution is 5.46. The van der Waals surface area contributed by atoms with Crippen LogP contribution in [0.25, 0.3) is 0 Å². The topological polar surface area (TPSA) is 51.4 Å². The second kappa shape index (κ2) is 6.20. The summed E-state index contributed by atoms with van der Waals surface area (Å²) in [5.74, 6) is 1.80. The number of ether oxygens (including phenoxy) is 1. The number of anilines is 1. The number of aromatic nitrogens is 1. The van der Waals surface area contributed by atoms with Gasteiger partial charge in [-0.15, -0.1) is 0 Å². The highest BCUT2D eigenvalue weighted by Gasteiger charge is 2.08. The molecule has 2 rings (SSSR count). The third kappa shape index (κ3) is 3.23. The molecule has 0 unspecified atom stereocenters. The Balaban J connectivity index is 2.13. The molecular weight excluding hydrogens is 238 g/mol. The zero-order valence-corrected chi connectivity index (χ0v) is 11.3. The van der Waals surface area contributed by atoms with Gasteiger partial charge < -0.3 is 15.4 Å². The molecule has 0 saturated heterocycles. The van der Waals surface area contributed by atoms with Gasteiger partial charge in [0.25, 0.3) is 0 Å². The molecule has 1 aromatic carbocycles. The number of methoxy groups -OCH3 is 1. The van der Waals surface area contributed by atoms with Gasteiger partial charge in [0.15, 0.2) is 0 Å². The Hall–Kier alpha value is -2.07. The molecule has 1 heterocycles. The van der Waals surface area contributed by atoms with Crippen LogP contribution < -0.4 is 15.4 Å². The first-order valence-corrected chi connectivity index (χ1v) is 6.22. The third-order valence-electron chi connectivity index (χ3n) is 3.03. The van der Waals surface area contributed by atoms with Crippen molar-refractivity contribution in [2.45, 2.75) is 13.1 Å². The lowest BCUT2D eigenvalue weighted by atomic mass is 10.2. The monoisotopic (exact) mass is 257 g/mol. The summed E-state index contributed by atoms with van der Waals surface area (Å²) in [6.07, 6.45) is 1.79. The van der Waals surface area contributed by atoms with Crippen LogP contribution in [-0.4, -0.2) is 19.1 Å². The van der Waals surface area contributed by atoms with Crippen molar-refractivity contribution in [3.05, 3.63) is 53.7 Å². The second-order valence-electron chi connectivity index (χ2n) is 4.39. The van der Waals surface area contributed by atoms with Gasteiger partial charge in [-0.25, -0.2) is 4.98 Å². The van der Waals surface area contributed by atoms with Gasteiger partial charge in [-0.2, -0.15) is 0 Å². The van der Waals surface area contributed by atoms with Crippen LogP contribution in [0.5, 0.6) is 5.75 Å². The van der Waals surface area contributed by atoms with E-state index in [0.29, 0.717) is 6.54 Å². The van der Waals surface area contributed by atoms with Crippen molar-refractivity contribution in [2.24, 2.45) is 5.73 Å². The number of nitrogens with zero attached hydrogens (tertiary/aromatic N) is 2. The number of benzene rings is 1. The summed E-state index contributed by atoms with van der Waals surface area (Å²) in [6.45, 7) is 1.28. The second-order valence-corrected chi connectivity index (χ2v) is 4.39. The molecule has 0 amide bonds. The van der Waals surface area contributed by atoms with Crippen molar-refractivity contribution >= 4 is 5.82 Å². The van der Waals surface area contributed by atoms with Crippen LogP contribution in [0.3, 0.4) is 0 Å². The number of hydrogen-bond donors (Lipinski definition) is 1. The Morgan fingerprint density at radius 2 is 1.95 bits per heavy atom. The van der Waals surface area contributed by atoms with E-state index in [-0.39, 0.29) is 0 Å². The van der Waals surface area contributed by atoms with Gasteiger partial charge in [0.1, 0.15) is 11.6 Å². The zero-order chi connectivity index (χ0) is 13.7. The number of pyridine rings is 1.